The first-order chi connectivity index (χ1) is 43.1. The summed E-state index contributed by atoms with van der Waals surface area (Å²) in [5.74, 6) is 0. The van der Waals surface area contributed by atoms with E-state index in [1.807, 2.05) is 60.1 Å². The number of para-hydroxylation sites is 7. The molecule has 0 unspecified atom stereocenters. The highest BCUT2D eigenvalue weighted by atomic mass is 32.1. The molecule has 0 radical (unpaired) electrons. The molecule has 9 aromatic heterocycles. The monoisotopic (exact) mass is 1150 g/mol. The molecule has 21 aromatic rings. The summed E-state index contributed by atoms with van der Waals surface area (Å²) in [6, 6.07) is 84.3. The van der Waals surface area contributed by atoms with Gasteiger partial charge in [0.2, 0.25) is 0 Å². The minimum Gasteiger partial charge on any atom is -0.454 e. The van der Waals surface area contributed by atoms with E-state index < -0.39 is 0 Å². The van der Waals surface area contributed by atoms with Gasteiger partial charge in [-0.25, -0.2) is 15.0 Å². The number of fused-ring (bicyclic) bond motifs is 24. The van der Waals surface area contributed by atoms with E-state index >= 15 is 0 Å². The number of benzene rings is 12. The second-order valence-electron chi connectivity index (χ2n) is 21.8. The third-order valence-corrected chi connectivity index (χ3v) is 19.0. The molecule has 87 heavy (non-hydrogen) atoms. The Morgan fingerprint density at radius 1 is 0.310 bits per heavy atom. The number of hydrogen-bond acceptors (Lipinski definition) is 9. The van der Waals surface area contributed by atoms with Gasteiger partial charge in [-0.3, -0.25) is 4.57 Å². The van der Waals surface area contributed by atoms with Crippen LogP contribution in [0.15, 0.2) is 272 Å². The molecule has 10 nitrogen and oxygen atoms in total. The van der Waals surface area contributed by atoms with Gasteiger partial charge in [-0.1, -0.05) is 151 Å². The van der Waals surface area contributed by atoms with Gasteiger partial charge in [-0.05, 0) is 97.1 Å². The molecule has 0 aliphatic carbocycles. The third kappa shape index (κ3) is 7.17. The summed E-state index contributed by atoms with van der Waals surface area (Å²) in [6.07, 6.45) is 1.48. The van der Waals surface area contributed by atoms with Crippen LogP contribution in [-0.2, 0) is 0 Å². The molecule has 0 saturated heterocycles. The van der Waals surface area contributed by atoms with Crippen molar-refractivity contribution in [2.24, 2.45) is 0 Å². The summed E-state index contributed by atoms with van der Waals surface area (Å²) in [6.45, 7) is 0. The highest BCUT2D eigenvalue weighted by molar-refractivity contribution is 7.20. The zero-order chi connectivity index (χ0) is 56.8. The summed E-state index contributed by atoms with van der Waals surface area (Å²) in [5.41, 5.74) is 19.9. The van der Waals surface area contributed by atoms with Gasteiger partial charge in [0, 0.05) is 76.4 Å². The van der Waals surface area contributed by atoms with Gasteiger partial charge in [0.05, 0.1) is 64.7 Å². The molecule has 12 heteroatoms. The molecule has 0 amide bonds. The lowest BCUT2D eigenvalue weighted by atomic mass is 10.1. The maximum Gasteiger partial charge on any atom is 0.195 e. The Balaban J connectivity index is 0.0000000950. The molecule has 0 saturated carbocycles. The van der Waals surface area contributed by atoms with Gasteiger partial charge < -0.3 is 26.8 Å². The van der Waals surface area contributed by atoms with Crippen molar-refractivity contribution in [2.75, 3.05) is 0 Å². The number of hydrogen-bond donors (Lipinski definition) is 0. The van der Waals surface area contributed by atoms with E-state index in [4.69, 9.17) is 22.7 Å². The van der Waals surface area contributed by atoms with Crippen molar-refractivity contribution in [2.45, 2.75) is 0 Å². The van der Waals surface area contributed by atoms with Crippen LogP contribution in [0.25, 0.3) is 179 Å². The van der Waals surface area contributed by atoms with Crippen molar-refractivity contribution in [1.29, 1.82) is 0 Å². The first-order valence-corrected chi connectivity index (χ1v) is 30.4. The first-order valence-electron chi connectivity index (χ1n) is 28.7. The molecule has 12 aromatic carbocycles. The van der Waals surface area contributed by atoms with Crippen molar-refractivity contribution >= 4 is 185 Å². The molecule has 408 valence electrons. The van der Waals surface area contributed by atoms with Crippen LogP contribution in [0.3, 0.4) is 0 Å². The smallest absolute Gasteiger partial charge is 0.195 e. The fourth-order valence-electron chi connectivity index (χ4n) is 13.3. The highest BCUT2D eigenvalue weighted by Gasteiger charge is 2.23. The van der Waals surface area contributed by atoms with Crippen molar-refractivity contribution in [1.82, 2.24) is 28.7 Å². The van der Waals surface area contributed by atoms with Crippen LogP contribution in [0.1, 0.15) is 0 Å². The predicted molar refractivity (Wildman–Crippen MR) is 358 cm³/mol. The standard InChI is InChI=1S/C25H14N2O2.2C25H14N2OS/c1-3-7-21-16(5-1)18-10-11-19-17-6-2-4-8-22(17)29-25(19)24(18)27(21)15-9-12-20-23(13-15)28-14-26-20;1-4-10-20-15(7-1)17-13-14-18-16-8-2-5-11-21(16)28-24(18)23(17)27(20)25-26-19-9-3-6-12-22(19)29-25;1-3-7-21-16(5-1)18-10-11-19-17-6-2-4-8-22(17)28-25(19)24(18)27(21)15-9-12-20-23(13-15)29-14-26-20/h3*1-14H. The summed E-state index contributed by atoms with van der Waals surface area (Å²) in [5, 5.41) is 15.0. The lowest BCUT2D eigenvalue weighted by Gasteiger charge is -2.08. The molecule has 0 aliphatic heterocycles. The first kappa shape index (κ1) is 48.1. The number of furan rings is 3. The molecule has 0 aliphatic rings. The molecule has 21 rings (SSSR count). The quantitative estimate of drug-likeness (QED) is 0.173. The maximum absolute atomic E-state index is 6.40. The summed E-state index contributed by atoms with van der Waals surface area (Å²) in [4.78, 5) is 13.6. The number of oxazole rings is 1. The summed E-state index contributed by atoms with van der Waals surface area (Å²) >= 11 is 3.38. The van der Waals surface area contributed by atoms with Crippen LogP contribution < -0.4 is 0 Å². The van der Waals surface area contributed by atoms with Gasteiger partial charge in [0.15, 0.2) is 33.9 Å². The Labute approximate surface area is 499 Å². The Bertz CT molecular complexity index is 5830. The Morgan fingerprint density at radius 2 is 0.747 bits per heavy atom. The van der Waals surface area contributed by atoms with Crippen LogP contribution in [0.2, 0.25) is 0 Å². The Hall–Kier alpha value is -11.3. The average Bonchev–Trinajstić information content (AvgIpc) is 1.64. The highest BCUT2D eigenvalue weighted by Crippen LogP contribution is 2.45. The van der Waals surface area contributed by atoms with Crippen molar-refractivity contribution in [3.63, 3.8) is 0 Å². The van der Waals surface area contributed by atoms with E-state index in [1.54, 1.807) is 22.7 Å². The van der Waals surface area contributed by atoms with Crippen molar-refractivity contribution < 1.29 is 17.7 Å². The van der Waals surface area contributed by atoms with Gasteiger partial charge in [-0.15, -0.1) is 11.3 Å². The fraction of sp³-hybridized carbons (Fsp3) is 0. The molecule has 0 atom stereocenters. The van der Waals surface area contributed by atoms with Crippen LogP contribution in [0.5, 0.6) is 0 Å². The van der Waals surface area contributed by atoms with E-state index in [0.29, 0.717) is 0 Å². The fourth-order valence-corrected chi connectivity index (χ4v) is 15.0. The van der Waals surface area contributed by atoms with Crippen LogP contribution >= 0.6 is 22.7 Å². The van der Waals surface area contributed by atoms with Gasteiger partial charge in [0.25, 0.3) is 0 Å². The van der Waals surface area contributed by atoms with Crippen LogP contribution in [0.4, 0.5) is 0 Å². The van der Waals surface area contributed by atoms with Crippen molar-refractivity contribution in [3.05, 3.63) is 255 Å². The second kappa shape index (κ2) is 18.6. The van der Waals surface area contributed by atoms with E-state index in [9.17, 15) is 0 Å². The largest absolute Gasteiger partial charge is 0.454 e. The topological polar surface area (TPSA) is 106 Å². The van der Waals surface area contributed by atoms with Gasteiger partial charge in [-0.2, -0.15) is 0 Å². The lowest BCUT2D eigenvalue weighted by molar-refractivity contribution is 0.602. The third-order valence-electron chi connectivity index (χ3n) is 17.2. The molecule has 0 N–H and O–H groups in total. The van der Waals surface area contributed by atoms with Crippen LogP contribution in [0, 0.1) is 0 Å². The van der Waals surface area contributed by atoms with E-state index in [-0.39, 0.29) is 0 Å². The number of aromatic nitrogens is 6. The summed E-state index contributed by atoms with van der Waals surface area (Å²) < 4.78 is 34.0. The number of thiazole rings is 2. The second-order valence-corrected chi connectivity index (χ2v) is 23.7. The molecule has 0 bridgehead atoms. The normalized spacial score (nSPS) is 12.1. The van der Waals surface area contributed by atoms with Gasteiger partial charge >= 0.3 is 0 Å². The minimum atomic E-state index is 0.769. The minimum absolute atomic E-state index is 0.769. The Kier molecular flexibility index (Phi) is 10.3. The molecule has 9 heterocycles. The molecular weight excluding hydrogens is 1110 g/mol. The number of nitrogens with zero attached hydrogens (tertiary/aromatic N) is 6. The molecule has 0 spiro atoms. The SMILES string of the molecule is c1ccc2c(c1)oc1c2ccc2c3ccccc3n(-c3ccc4ncoc4c3)c21.c1ccc2c(c1)oc1c2ccc2c3ccccc3n(-c3ccc4ncsc4c3)c21.c1ccc2sc(-n3c4ccccc4c4ccc5c6ccccc6oc5c43)nc2c1. The maximum atomic E-state index is 6.40. The predicted octanol–water partition coefficient (Wildman–Crippen LogP) is 21.4. The van der Waals surface area contributed by atoms with E-state index in [1.165, 1.54) is 53.6 Å². The van der Waals surface area contributed by atoms with E-state index in [2.05, 4.69) is 212 Å². The van der Waals surface area contributed by atoms with Crippen LogP contribution in [-0.4, -0.2) is 28.7 Å². The van der Waals surface area contributed by atoms with E-state index in [0.717, 1.165) is 132 Å². The molecule has 0 fully saturated rings. The Morgan fingerprint density at radius 3 is 1.29 bits per heavy atom. The average molecular weight is 1160 g/mol. The molecular formula is C75H42N6O4S2. The van der Waals surface area contributed by atoms with Crippen molar-refractivity contribution in [3.8, 4) is 16.5 Å². The zero-order valence-electron chi connectivity index (χ0n) is 45.9. The number of rotatable bonds is 3. The van der Waals surface area contributed by atoms with Gasteiger partial charge in [0.1, 0.15) is 22.3 Å². The lowest BCUT2D eigenvalue weighted by Crippen LogP contribution is -1.93. The zero-order valence-corrected chi connectivity index (χ0v) is 47.5. The summed E-state index contributed by atoms with van der Waals surface area (Å²) in [7, 11) is 0.